The molecule has 1 amide bonds. The van der Waals surface area contributed by atoms with Gasteiger partial charge in [0.1, 0.15) is 11.4 Å². The van der Waals surface area contributed by atoms with Gasteiger partial charge in [0, 0.05) is 36.1 Å². The van der Waals surface area contributed by atoms with Crippen LogP contribution in [-0.4, -0.2) is 46.7 Å². The van der Waals surface area contributed by atoms with E-state index in [1.807, 2.05) is 4.90 Å². The van der Waals surface area contributed by atoms with Gasteiger partial charge in [0.15, 0.2) is 0 Å². The number of carbonyl (C=O) groups is 2. The first-order chi connectivity index (χ1) is 15.2. The molecular weight excluding hydrogens is 406 g/mol. The molecule has 0 bridgehead atoms. The minimum atomic E-state index is -1.03. The quantitative estimate of drug-likeness (QED) is 0.753. The fourth-order valence-electron chi connectivity index (χ4n) is 5.56. The number of amides is 1. The van der Waals surface area contributed by atoms with Crippen LogP contribution in [0.2, 0.25) is 0 Å². The Morgan fingerprint density at radius 2 is 1.91 bits per heavy atom. The second-order valence-electron chi connectivity index (χ2n) is 9.87. The maximum atomic E-state index is 13.1. The highest BCUT2D eigenvalue weighted by atomic mass is 16.5. The van der Waals surface area contributed by atoms with Crippen molar-refractivity contribution in [2.45, 2.75) is 51.4 Å². The first-order valence-electron chi connectivity index (χ1n) is 11.3. The van der Waals surface area contributed by atoms with Crippen molar-refractivity contribution in [3.8, 4) is 5.75 Å². The zero-order chi connectivity index (χ0) is 22.6. The molecule has 3 aliphatic heterocycles. The lowest BCUT2D eigenvalue weighted by Crippen LogP contribution is -2.56. The predicted molar refractivity (Wildman–Crippen MR) is 119 cm³/mol. The first kappa shape index (κ1) is 21.0. The summed E-state index contributed by atoms with van der Waals surface area (Å²) in [6.07, 6.45) is 1.81. The number of likely N-dealkylation sites (tertiary alicyclic amines) is 1. The number of fused-ring (bicyclic) bond motifs is 4. The average Bonchev–Trinajstić information content (AvgIpc) is 2.77. The maximum absolute atomic E-state index is 13.1. The first-order valence-corrected chi connectivity index (χ1v) is 11.3. The van der Waals surface area contributed by atoms with Crippen molar-refractivity contribution < 1.29 is 24.2 Å². The van der Waals surface area contributed by atoms with Gasteiger partial charge in [-0.25, -0.2) is 4.79 Å². The van der Waals surface area contributed by atoms with E-state index in [1.165, 1.54) is 17.7 Å². The molecule has 0 unspecified atom stereocenters. The number of aromatic carboxylic acids is 1. The third-order valence-corrected chi connectivity index (χ3v) is 7.29. The molecule has 0 aromatic heterocycles. The smallest absolute Gasteiger partial charge is 0.335 e. The third kappa shape index (κ3) is 3.56. The highest BCUT2D eigenvalue weighted by molar-refractivity contribution is 5.97. The molecule has 4 atom stereocenters. The van der Waals surface area contributed by atoms with E-state index in [0.717, 1.165) is 24.2 Å². The molecule has 2 fully saturated rings. The van der Waals surface area contributed by atoms with Gasteiger partial charge in [-0.05, 0) is 63.4 Å². The standard InChI is InChI=1S/C26H29NO5/c1-15-7-8-19-22(11-15)32-26(2,3)20-13-18-14-27(10-9-21(18)31-23(19)20)24(28)16-5-4-6-17(12-16)25(29)30/h4-8,11-12,18,20-21,23H,9-10,13-14H2,1-3H3,(H,29,30)/t18-,20+,21+,23-/m0/s1. The van der Waals surface area contributed by atoms with Gasteiger partial charge in [-0.1, -0.05) is 18.2 Å². The van der Waals surface area contributed by atoms with Gasteiger partial charge >= 0.3 is 5.97 Å². The third-order valence-electron chi connectivity index (χ3n) is 7.29. The Morgan fingerprint density at radius 1 is 1.12 bits per heavy atom. The van der Waals surface area contributed by atoms with Gasteiger partial charge in [0.2, 0.25) is 0 Å². The Morgan fingerprint density at radius 3 is 2.69 bits per heavy atom. The minimum absolute atomic E-state index is 0.00472. The second kappa shape index (κ2) is 7.62. The topological polar surface area (TPSA) is 76.1 Å². The van der Waals surface area contributed by atoms with Gasteiger partial charge in [0.05, 0.1) is 17.8 Å². The summed E-state index contributed by atoms with van der Waals surface area (Å²) in [6, 6.07) is 12.6. The number of aryl methyl sites for hydroxylation is 1. The van der Waals surface area contributed by atoms with Gasteiger partial charge in [-0.2, -0.15) is 0 Å². The summed E-state index contributed by atoms with van der Waals surface area (Å²) in [5.41, 5.74) is 2.49. The highest BCUT2D eigenvalue weighted by Gasteiger charge is 2.51. The zero-order valence-corrected chi connectivity index (χ0v) is 18.7. The maximum Gasteiger partial charge on any atom is 0.335 e. The van der Waals surface area contributed by atoms with Crippen molar-refractivity contribution in [1.82, 2.24) is 4.90 Å². The molecule has 5 rings (SSSR count). The number of nitrogens with zero attached hydrogens (tertiary/aromatic N) is 1. The summed E-state index contributed by atoms with van der Waals surface area (Å²) in [7, 11) is 0. The van der Waals surface area contributed by atoms with Crippen molar-refractivity contribution in [1.29, 1.82) is 0 Å². The Kier molecular flexibility index (Phi) is 5.01. The molecule has 0 aliphatic carbocycles. The number of hydrogen-bond donors (Lipinski definition) is 1. The molecule has 2 aromatic rings. The van der Waals surface area contributed by atoms with Gasteiger partial charge in [-0.3, -0.25) is 4.79 Å². The fraction of sp³-hybridized carbons (Fsp3) is 0.462. The van der Waals surface area contributed by atoms with Gasteiger partial charge in [-0.15, -0.1) is 0 Å². The average molecular weight is 436 g/mol. The van der Waals surface area contributed by atoms with E-state index in [2.05, 4.69) is 39.0 Å². The van der Waals surface area contributed by atoms with Crippen molar-refractivity contribution in [3.63, 3.8) is 0 Å². The van der Waals surface area contributed by atoms with Crippen LogP contribution < -0.4 is 4.74 Å². The van der Waals surface area contributed by atoms with Gasteiger partial charge < -0.3 is 19.5 Å². The number of benzene rings is 2. The molecule has 6 nitrogen and oxygen atoms in total. The lowest BCUT2D eigenvalue weighted by Gasteiger charge is -2.53. The molecule has 1 N–H and O–H groups in total. The Bertz CT molecular complexity index is 1080. The number of ether oxygens (including phenoxy) is 2. The van der Waals surface area contributed by atoms with E-state index in [-0.39, 0.29) is 41.1 Å². The van der Waals surface area contributed by atoms with E-state index in [4.69, 9.17) is 9.47 Å². The minimum Gasteiger partial charge on any atom is -0.487 e. The second-order valence-corrected chi connectivity index (χ2v) is 9.87. The molecule has 2 aromatic carbocycles. The molecule has 2 saturated heterocycles. The molecule has 3 aliphatic rings. The van der Waals surface area contributed by atoms with E-state index < -0.39 is 5.97 Å². The molecule has 0 spiro atoms. The fourth-order valence-corrected chi connectivity index (χ4v) is 5.56. The summed E-state index contributed by atoms with van der Waals surface area (Å²) >= 11 is 0. The van der Waals surface area contributed by atoms with E-state index in [1.54, 1.807) is 12.1 Å². The molecule has 0 saturated carbocycles. The number of piperidine rings is 1. The van der Waals surface area contributed by atoms with Crippen molar-refractivity contribution >= 4 is 11.9 Å². The zero-order valence-electron chi connectivity index (χ0n) is 18.7. The molecule has 6 heteroatoms. The lowest BCUT2D eigenvalue weighted by molar-refractivity contribution is -0.184. The van der Waals surface area contributed by atoms with E-state index >= 15 is 0 Å². The van der Waals surface area contributed by atoms with Crippen LogP contribution >= 0.6 is 0 Å². The molecular formula is C26H29NO5. The van der Waals surface area contributed by atoms with Crippen LogP contribution in [0.4, 0.5) is 0 Å². The number of carboxylic acids is 1. The lowest BCUT2D eigenvalue weighted by atomic mass is 9.70. The van der Waals surface area contributed by atoms with Crippen LogP contribution in [0.1, 0.15) is 64.6 Å². The van der Waals surface area contributed by atoms with Crippen LogP contribution in [-0.2, 0) is 4.74 Å². The van der Waals surface area contributed by atoms with Crippen LogP contribution in [0.3, 0.4) is 0 Å². The number of carbonyl (C=O) groups excluding carboxylic acids is 1. The Balaban J connectivity index is 1.36. The van der Waals surface area contributed by atoms with E-state index in [9.17, 15) is 14.7 Å². The monoisotopic (exact) mass is 435 g/mol. The summed E-state index contributed by atoms with van der Waals surface area (Å²) in [4.78, 5) is 26.3. The molecule has 168 valence electrons. The summed E-state index contributed by atoms with van der Waals surface area (Å²) in [5.74, 6) is 0.199. The summed E-state index contributed by atoms with van der Waals surface area (Å²) < 4.78 is 13.1. The number of rotatable bonds is 2. The Hall–Kier alpha value is -2.86. The van der Waals surface area contributed by atoms with Crippen LogP contribution in [0.25, 0.3) is 0 Å². The van der Waals surface area contributed by atoms with Crippen molar-refractivity contribution in [3.05, 3.63) is 64.7 Å². The number of hydrogen-bond acceptors (Lipinski definition) is 4. The van der Waals surface area contributed by atoms with Gasteiger partial charge in [0.25, 0.3) is 5.91 Å². The summed E-state index contributed by atoms with van der Waals surface area (Å²) in [6.45, 7) is 7.54. The molecule has 0 radical (unpaired) electrons. The molecule has 3 heterocycles. The number of carboxylic acid groups (broad SMARTS) is 1. The largest absolute Gasteiger partial charge is 0.487 e. The Labute approximate surface area is 188 Å². The SMILES string of the molecule is Cc1ccc2c(c1)OC(C)(C)[C@@H]1C[C@H]3CN(C(=O)c4cccc(C(=O)O)c4)CC[C@H]3O[C@@H]21. The van der Waals surface area contributed by atoms with E-state index in [0.29, 0.717) is 18.7 Å². The normalized spacial score (nSPS) is 28.0. The van der Waals surface area contributed by atoms with Crippen LogP contribution in [0.15, 0.2) is 42.5 Å². The molecule has 32 heavy (non-hydrogen) atoms. The summed E-state index contributed by atoms with van der Waals surface area (Å²) in [5, 5.41) is 9.25. The van der Waals surface area contributed by atoms with Crippen molar-refractivity contribution in [2.75, 3.05) is 13.1 Å². The van der Waals surface area contributed by atoms with Crippen molar-refractivity contribution in [2.24, 2.45) is 11.8 Å². The van der Waals surface area contributed by atoms with Crippen LogP contribution in [0, 0.1) is 18.8 Å². The highest BCUT2D eigenvalue weighted by Crippen LogP contribution is 2.53. The predicted octanol–water partition coefficient (Wildman–Crippen LogP) is 4.47. The van der Waals surface area contributed by atoms with Crippen LogP contribution in [0.5, 0.6) is 5.75 Å².